The smallest absolute Gasteiger partial charge is 0.269 e. The Kier molecular flexibility index (Phi) is 2.08. The lowest BCUT2D eigenvalue weighted by molar-refractivity contribution is 0.558. The van der Waals surface area contributed by atoms with Gasteiger partial charge in [0.15, 0.2) is 0 Å². The minimum Gasteiger partial charge on any atom is -0.308 e. The van der Waals surface area contributed by atoms with E-state index in [9.17, 15) is 4.79 Å². The summed E-state index contributed by atoms with van der Waals surface area (Å²) in [6.07, 6.45) is 3.04. The van der Waals surface area contributed by atoms with Crippen molar-refractivity contribution in [3.63, 3.8) is 0 Å². The zero-order chi connectivity index (χ0) is 8.43. The summed E-state index contributed by atoms with van der Waals surface area (Å²) in [7, 11) is 0. The standard InChI is InChI=1S/C8H12N2O/c1-6(2)10-7(3)4-9-5-8(10)11/h4-6H,1-3H3. The molecule has 0 aromatic carbocycles. The van der Waals surface area contributed by atoms with Gasteiger partial charge < -0.3 is 4.57 Å². The molecule has 0 bridgehead atoms. The largest absolute Gasteiger partial charge is 0.308 e. The summed E-state index contributed by atoms with van der Waals surface area (Å²) < 4.78 is 1.72. The van der Waals surface area contributed by atoms with Crippen LogP contribution in [0.1, 0.15) is 25.6 Å². The molecule has 11 heavy (non-hydrogen) atoms. The van der Waals surface area contributed by atoms with Crippen molar-refractivity contribution in [1.29, 1.82) is 0 Å². The molecule has 1 aromatic rings. The van der Waals surface area contributed by atoms with Gasteiger partial charge in [0, 0.05) is 17.9 Å². The first-order valence-corrected chi connectivity index (χ1v) is 3.66. The molecule has 1 aromatic heterocycles. The quantitative estimate of drug-likeness (QED) is 0.604. The fourth-order valence-electron chi connectivity index (χ4n) is 1.17. The third-order valence-corrected chi connectivity index (χ3v) is 1.58. The van der Waals surface area contributed by atoms with E-state index in [0.29, 0.717) is 0 Å². The van der Waals surface area contributed by atoms with Crippen molar-refractivity contribution in [1.82, 2.24) is 9.55 Å². The summed E-state index contributed by atoms with van der Waals surface area (Å²) >= 11 is 0. The minimum absolute atomic E-state index is 0.0278. The molecule has 0 saturated carbocycles. The van der Waals surface area contributed by atoms with Crippen molar-refractivity contribution in [3.05, 3.63) is 28.4 Å². The van der Waals surface area contributed by atoms with Crippen molar-refractivity contribution in [2.45, 2.75) is 26.8 Å². The van der Waals surface area contributed by atoms with Gasteiger partial charge in [-0.05, 0) is 20.8 Å². The predicted molar refractivity (Wildman–Crippen MR) is 43.6 cm³/mol. The number of nitrogens with zero attached hydrogens (tertiary/aromatic N) is 2. The summed E-state index contributed by atoms with van der Waals surface area (Å²) in [6.45, 7) is 5.84. The molecule has 0 N–H and O–H groups in total. The Morgan fingerprint density at radius 2 is 2.09 bits per heavy atom. The zero-order valence-electron chi connectivity index (χ0n) is 7.03. The molecule has 60 valence electrons. The minimum atomic E-state index is -0.0278. The second-order valence-corrected chi connectivity index (χ2v) is 2.85. The van der Waals surface area contributed by atoms with Gasteiger partial charge in [0.25, 0.3) is 5.56 Å². The maximum absolute atomic E-state index is 11.2. The van der Waals surface area contributed by atoms with Crippen molar-refractivity contribution in [3.8, 4) is 0 Å². The van der Waals surface area contributed by atoms with Crippen LogP contribution in [0.4, 0.5) is 0 Å². The third-order valence-electron chi connectivity index (χ3n) is 1.58. The Balaban J connectivity index is 3.33. The lowest BCUT2D eigenvalue weighted by Crippen LogP contribution is -2.23. The number of aryl methyl sites for hydroxylation is 1. The van der Waals surface area contributed by atoms with Gasteiger partial charge in [-0.3, -0.25) is 9.78 Å². The van der Waals surface area contributed by atoms with Gasteiger partial charge in [0.1, 0.15) is 0 Å². The normalized spacial score (nSPS) is 10.5. The van der Waals surface area contributed by atoms with Crippen molar-refractivity contribution < 1.29 is 0 Å². The van der Waals surface area contributed by atoms with Crippen LogP contribution in [-0.2, 0) is 0 Å². The van der Waals surface area contributed by atoms with Crippen molar-refractivity contribution in [2.75, 3.05) is 0 Å². The maximum atomic E-state index is 11.2. The summed E-state index contributed by atoms with van der Waals surface area (Å²) in [5.41, 5.74) is 0.882. The molecule has 3 heteroatoms. The first-order valence-electron chi connectivity index (χ1n) is 3.66. The topological polar surface area (TPSA) is 34.9 Å². The molecule has 0 fully saturated rings. The van der Waals surface area contributed by atoms with E-state index in [1.165, 1.54) is 6.20 Å². The van der Waals surface area contributed by atoms with Gasteiger partial charge in [-0.1, -0.05) is 0 Å². The number of aromatic nitrogens is 2. The average Bonchev–Trinajstić information content (AvgIpc) is 1.85. The van der Waals surface area contributed by atoms with Crippen LogP contribution in [-0.4, -0.2) is 9.55 Å². The Morgan fingerprint density at radius 3 is 2.45 bits per heavy atom. The van der Waals surface area contributed by atoms with Gasteiger partial charge >= 0.3 is 0 Å². The molecule has 0 amide bonds. The summed E-state index contributed by atoms with van der Waals surface area (Å²) in [5, 5.41) is 0. The van der Waals surface area contributed by atoms with E-state index in [0.717, 1.165) is 5.69 Å². The predicted octanol–water partition coefficient (Wildman–Crippen LogP) is 1.13. The van der Waals surface area contributed by atoms with Gasteiger partial charge in [0.05, 0.1) is 6.20 Å². The van der Waals surface area contributed by atoms with Gasteiger partial charge in [0.2, 0.25) is 0 Å². The first-order chi connectivity index (χ1) is 5.13. The highest BCUT2D eigenvalue weighted by molar-refractivity contribution is 4.96. The zero-order valence-corrected chi connectivity index (χ0v) is 7.03. The van der Waals surface area contributed by atoms with Crippen LogP contribution in [0, 0.1) is 6.92 Å². The summed E-state index contributed by atoms with van der Waals surface area (Å²) in [6, 6.07) is 0.213. The van der Waals surface area contributed by atoms with Crippen molar-refractivity contribution in [2.24, 2.45) is 0 Å². The molecule has 1 rings (SSSR count). The molecular formula is C8H12N2O. The van der Waals surface area contributed by atoms with E-state index >= 15 is 0 Å². The van der Waals surface area contributed by atoms with Crippen LogP contribution in [0.5, 0.6) is 0 Å². The van der Waals surface area contributed by atoms with Crippen LogP contribution in [0.3, 0.4) is 0 Å². The number of rotatable bonds is 1. The van der Waals surface area contributed by atoms with E-state index in [4.69, 9.17) is 0 Å². The second kappa shape index (κ2) is 2.86. The maximum Gasteiger partial charge on any atom is 0.269 e. The summed E-state index contributed by atoms with van der Waals surface area (Å²) in [4.78, 5) is 15.0. The second-order valence-electron chi connectivity index (χ2n) is 2.85. The molecule has 1 heterocycles. The van der Waals surface area contributed by atoms with E-state index in [2.05, 4.69) is 4.98 Å². The molecule has 0 aliphatic heterocycles. The molecule has 3 nitrogen and oxygen atoms in total. The van der Waals surface area contributed by atoms with Crippen LogP contribution >= 0.6 is 0 Å². The Hall–Kier alpha value is -1.12. The average molecular weight is 152 g/mol. The summed E-state index contributed by atoms with van der Waals surface area (Å²) in [5.74, 6) is 0. The lowest BCUT2D eigenvalue weighted by Gasteiger charge is -2.11. The highest BCUT2D eigenvalue weighted by Crippen LogP contribution is 2.01. The lowest BCUT2D eigenvalue weighted by atomic mass is 10.3. The highest BCUT2D eigenvalue weighted by Gasteiger charge is 2.02. The monoisotopic (exact) mass is 152 g/mol. The molecule has 0 radical (unpaired) electrons. The highest BCUT2D eigenvalue weighted by atomic mass is 16.1. The van der Waals surface area contributed by atoms with Crippen LogP contribution in [0.2, 0.25) is 0 Å². The molecule has 0 unspecified atom stereocenters. The fraction of sp³-hybridized carbons (Fsp3) is 0.500. The first kappa shape index (κ1) is 7.98. The van der Waals surface area contributed by atoms with E-state index in [-0.39, 0.29) is 11.6 Å². The molecule has 0 aliphatic rings. The van der Waals surface area contributed by atoms with Crippen molar-refractivity contribution >= 4 is 0 Å². The van der Waals surface area contributed by atoms with Gasteiger partial charge in [-0.25, -0.2) is 0 Å². The molecular weight excluding hydrogens is 140 g/mol. The van der Waals surface area contributed by atoms with Crippen LogP contribution in [0.25, 0.3) is 0 Å². The van der Waals surface area contributed by atoms with E-state index in [1.807, 2.05) is 20.8 Å². The SMILES string of the molecule is Cc1cncc(=O)n1C(C)C. The number of hydrogen-bond donors (Lipinski definition) is 0. The fourth-order valence-corrected chi connectivity index (χ4v) is 1.17. The van der Waals surface area contributed by atoms with Gasteiger partial charge in [-0.15, -0.1) is 0 Å². The molecule has 0 atom stereocenters. The van der Waals surface area contributed by atoms with Crippen LogP contribution in [0.15, 0.2) is 17.2 Å². The van der Waals surface area contributed by atoms with Gasteiger partial charge in [-0.2, -0.15) is 0 Å². The van der Waals surface area contributed by atoms with E-state index in [1.54, 1.807) is 10.8 Å². The Bertz CT molecular complexity index is 301. The molecule has 0 spiro atoms. The van der Waals surface area contributed by atoms with Crippen LogP contribution < -0.4 is 5.56 Å². The molecule has 0 aliphatic carbocycles. The Morgan fingerprint density at radius 1 is 1.45 bits per heavy atom. The molecule has 0 saturated heterocycles. The van der Waals surface area contributed by atoms with E-state index < -0.39 is 0 Å². The number of hydrogen-bond acceptors (Lipinski definition) is 2. The third kappa shape index (κ3) is 1.48. The Labute approximate surface area is 65.7 Å².